The molecule has 2 unspecified atom stereocenters. The van der Waals surface area contributed by atoms with Crippen LogP contribution in [0.15, 0.2) is 0 Å². The van der Waals surface area contributed by atoms with E-state index in [1.165, 1.54) is 12.8 Å². The van der Waals surface area contributed by atoms with Gasteiger partial charge >= 0.3 is 0 Å². The van der Waals surface area contributed by atoms with Crippen molar-refractivity contribution in [1.82, 2.24) is 9.03 Å². The van der Waals surface area contributed by atoms with Gasteiger partial charge in [0.05, 0.1) is 0 Å². The molecule has 1 saturated carbocycles. The maximum Gasteiger partial charge on any atom is 0.279 e. The van der Waals surface area contributed by atoms with Crippen LogP contribution in [0.4, 0.5) is 0 Å². The maximum absolute atomic E-state index is 12.2. The fraction of sp³-hybridized carbons (Fsp3) is 1.00. The van der Waals surface area contributed by atoms with Gasteiger partial charge in [-0.1, -0.05) is 19.3 Å². The van der Waals surface area contributed by atoms with Gasteiger partial charge in [0.1, 0.15) is 0 Å². The standard InChI is InChI=1S/C13H25ClN2O2S/c14-10-12-6-2-3-7-13(12)11-15-19(17,18)16-8-4-1-5-9-16/h12-13,15H,1-11H2. The molecule has 0 aromatic heterocycles. The summed E-state index contributed by atoms with van der Waals surface area (Å²) in [7, 11) is -3.27. The summed E-state index contributed by atoms with van der Waals surface area (Å²) in [5.74, 6) is 1.53. The second-order valence-corrected chi connectivity index (χ2v) is 7.84. The maximum atomic E-state index is 12.2. The molecule has 1 aliphatic heterocycles. The molecule has 19 heavy (non-hydrogen) atoms. The van der Waals surface area contributed by atoms with Gasteiger partial charge in [0.15, 0.2) is 0 Å². The van der Waals surface area contributed by atoms with E-state index in [4.69, 9.17) is 11.6 Å². The number of rotatable bonds is 5. The van der Waals surface area contributed by atoms with E-state index in [0.29, 0.717) is 37.4 Å². The summed E-state index contributed by atoms with van der Waals surface area (Å²) >= 11 is 5.99. The Bertz CT molecular complexity index is 369. The molecule has 4 nitrogen and oxygen atoms in total. The van der Waals surface area contributed by atoms with Gasteiger partial charge < -0.3 is 0 Å². The van der Waals surface area contributed by atoms with Gasteiger partial charge in [-0.15, -0.1) is 11.6 Å². The lowest BCUT2D eigenvalue weighted by molar-refractivity contribution is 0.257. The molecule has 2 rings (SSSR count). The monoisotopic (exact) mass is 308 g/mol. The first kappa shape index (κ1) is 15.5. The van der Waals surface area contributed by atoms with E-state index in [0.717, 1.165) is 32.1 Å². The molecule has 2 aliphatic rings. The highest BCUT2D eigenvalue weighted by atomic mass is 35.5. The highest BCUT2D eigenvalue weighted by Crippen LogP contribution is 2.30. The van der Waals surface area contributed by atoms with Crippen LogP contribution >= 0.6 is 11.6 Å². The molecule has 0 bridgehead atoms. The van der Waals surface area contributed by atoms with Crippen LogP contribution in [0.2, 0.25) is 0 Å². The SMILES string of the molecule is O=S(=O)(NCC1CCCCC1CCl)N1CCCCC1. The van der Waals surface area contributed by atoms with Crippen LogP contribution in [0.25, 0.3) is 0 Å². The first-order valence-electron chi connectivity index (χ1n) is 7.44. The predicted octanol–water partition coefficient (Wildman–Crippen LogP) is 2.35. The molecule has 0 spiro atoms. The first-order valence-corrected chi connectivity index (χ1v) is 9.41. The van der Waals surface area contributed by atoms with Crippen molar-refractivity contribution in [1.29, 1.82) is 0 Å². The molecule has 0 radical (unpaired) electrons. The molecule has 0 aromatic carbocycles. The van der Waals surface area contributed by atoms with E-state index < -0.39 is 10.2 Å². The fourth-order valence-electron chi connectivity index (χ4n) is 3.17. The highest BCUT2D eigenvalue weighted by molar-refractivity contribution is 7.87. The molecule has 1 aliphatic carbocycles. The van der Waals surface area contributed by atoms with Gasteiger partial charge in [0, 0.05) is 25.5 Å². The van der Waals surface area contributed by atoms with Crippen LogP contribution in [0.1, 0.15) is 44.9 Å². The lowest BCUT2D eigenvalue weighted by Gasteiger charge is -2.32. The van der Waals surface area contributed by atoms with Crippen molar-refractivity contribution < 1.29 is 8.42 Å². The van der Waals surface area contributed by atoms with Crippen molar-refractivity contribution in [2.45, 2.75) is 44.9 Å². The van der Waals surface area contributed by atoms with Crippen LogP contribution in [-0.2, 0) is 10.2 Å². The van der Waals surface area contributed by atoms with Gasteiger partial charge in [-0.3, -0.25) is 0 Å². The first-order chi connectivity index (χ1) is 9.13. The molecular formula is C13H25ClN2O2S. The average molecular weight is 309 g/mol. The lowest BCUT2D eigenvalue weighted by atomic mass is 9.80. The molecule has 1 saturated heterocycles. The number of halogens is 1. The Balaban J connectivity index is 1.85. The minimum absolute atomic E-state index is 0.408. The topological polar surface area (TPSA) is 49.4 Å². The molecule has 2 fully saturated rings. The number of nitrogens with zero attached hydrogens (tertiary/aromatic N) is 1. The zero-order valence-corrected chi connectivity index (χ0v) is 13.1. The molecule has 6 heteroatoms. The van der Waals surface area contributed by atoms with Gasteiger partial charge in [-0.05, 0) is 37.5 Å². The predicted molar refractivity (Wildman–Crippen MR) is 78.5 cm³/mol. The number of nitrogens with one attached hydrogen (secondary N) is 1. The third-order valence-electron chi connectivity index (χ3n) is 4.45. The van der Waals surface area contributed by atoms with Gasteiger partial charge in [-0.25, -0.2) is 4.72 Å². The molecule has 0 amide bonds. The quantitative estimate of drug-likeness (QED) is 0.793. The third-order valence-corrected chi connectivity index (χ3v) is 6.42. The molecule has 1 heterocycles. The lowest BCUT2D eigenvalue weighted by Crippen LogP contribution is -2.45. The average Bonchev–Trinajstić information content (AvgIpc) is 2.46. The number of hydrogen-bond donors (Lipinski definition) is 1. The van der Waals surface area contributed by atoms with Crippen LogP contribution in [0.5, 0.6) is 0 Å². The van der Waals surface area contributed by atoms with E-state index in [9.17, 15) is 8.42 Å². The van der Waals surface area contributed by atoms with Gasteiger partial charge in [0.2, 0.25) is 0 Å². The minimum Gasteiger partial charge on any atom is -0.202 e. The van der Waals surface area contributed by atoms with Crippen molar-refractivity contribution in [3.8, 4) is 0 Å². The summed E-state index contributed by atoms with van der Waals surface area (Å²) in [6, 6.07) is 0. The summed E-state index contributed by atoms with van der Waals surface area (Å²) in [5.41, 5.74) is 0. The molecule has 2 atom stereocenters. The van der Waals surface area contributed by atoms with Crippen LogP contribution in [-0.4, -0.2) is 38.2 Å². The second kappa shape index (κ2) is 7.25. The highest BCUT2D eigenvalue weighted by Gasteiger charge is 2.28. The summed E-state index contributed by atoms with van der Waals surface area (Å²) < 4.78 is 28.8. The Morgan fingerprint density at radius 2 is 1.63 bits per heavy atom. The smallest absolute Gasteiger partial charge is 0.202 e. The third kappa shape index (κ3) is 4.31. The largest absolute Gasteiger partial charge is 0.279 e. The summed E-state index contributed by atoms with van der Waals surface area (Å²) in [6.07, 6.45) is 7.77. The minimum atomic E-state index is -3.27. The number of hydrogen-bond acceptors (Lipinski definition) is 2. The Morgan fingerprint density at radius 1 is 1.00 bits per heavy atom. The van der Waals surface area contributed by atoms with E-state index in [1.807, 2.05) is 0 Å². The zero-order valence-electron chi connectivity index (χ0n) is 11.5. The van der Waals surface area contributed by atoms with Crippen molar-refractivity contribution in [3.05, 3.63) is 0 Å². The molecule has 0 aromatic rings. The number of piperidine rings is 1. The fourth-order valence-corrected chi connectivity index (χ4v) is 4.92. The Labute approximate surface area is 122 Å². The Hall–Kier alpha value is 0.160. The van der Waals surface area contributed by atoms with Crippen molar-refractivity contribution in [2.75, 3.05) is 25.5 Å². The second-order valence-electron chi connectivity index (χ2n) is 5.77. The number of alkyl halides is 1. The molecule has 112 valence electrons. The van der Waals surface area contributed by atoms with E-state index in [2.05, 4.69) is 4.72 Å². The molecular weight excluding hydrogens is 284 g/mol. The van der Waals surface area contributed by atoms with Gasteiger partial charge in [0.25, 0.3) is 10.2 Å². The molecule has 1 N–H and O–H groups in total. The Morgan fingerprint density at radius 3 is 2.26 bits per heavy atom. The van der Waals surface area contributed by atoms with Crippen molar-refractivity contribution >= 4 is 21.8 Å². The van der Waals surface area contributed by atoms with Crippen LogP contribution in [0, 0.1) is 11.8 Å². The van der Waals surface area contributed by atoms with E-state index >= 15 is 0 Å². The van der Waals surface area contributed by atoms with Crippen molar-refractivity contribution in [2.24, 2.45) is 11.8 Å². The van der Waals surface area contributed by atoms with E-state index in [-0.39, 0.29) is 0 Å². The summed E-state index contributed by atoms with van der Waals surface area (Å²) in [4.78, 5) is 0. The Kier molecular flexibility index (Phi) is 5.93. The normalized spacial score (nSPS) is 30.4. The van der Waals surface area contributed by atoms with Crippen LogP contribution < -0.4 is 4.72 Å². The summed E-state index contributed by atoms with van der Waals surface area (Å²) in [5, 5.41) is 0. The van der Waals surface area contributed by atoms with E-state index in [1.54, 1.807) is 4.31 Å². The van der Waals surface area contributed by atoms with Gasteiger partial charge in [-0.2, -0.15) is 12.7 Å². The van der Waals surface area contributed by atoms with Crippen molar-refractivity contribution in [3.63, 3.8) is 0 Å². The van der Waals surface area contributed by atoms with Crippen LogP contribution in [0.3, 0.4) is 0 Å². The summed E-state index contributed by atoms with van der Waals surface area (Å²) in [6.45, 7) is 1.88. The zero-order chi connectivity index (χ0) is 13.7.